The minimum Gasteiger partial charge on any atom is -0.394 e. The summed E-state index contributed by atoms with van der Waals surface area (Å²) in [7, 11) is 0. The largest absolute Gasteiger partial charge is 0.394 e. The normalized spacial score (nSPS) is 49.0. The molecular formula is C21H36O10. The van der Waals surface area contributed by atoms with E-state index in [1.807, 2.05) is 0 Å². The van der Waals surface area contributed by atoms with Crippen molar-refractivity contribution in [3.8, 4) is 0 Å². The van der Waals surface area contributed by atoms with Crippen molar-refractivity contribution in [2.24, 2.45) is 17.8 Å². The van der Waals surface area contributed by atoms with Crippen LogP contribution in [0.3, 0.4) is 0 Å². The van der Waals surface area contributed by atoms with Crippen LogP contribution < -0.4 is 0 Å². The second-order valence-electron chi connectivity index (χ2n) is 10.1. The van der Waals surface area contributed by atoms with Gasteiger partial charge in [-0.05, 0) is 46.0 Å². The van der Waals surface area contributed by atoms with Crippen LogP contribution in [0.5, 0.6) is 0 Å². The number of hydrogen-bond acceptors (Lipinski definition) is 10. The zero-order chi connectivity index (χ0) is 23.4. The molecule has 10 atom stereocenters. The topological polar surface area (TPSA) is 177 Å². The van der Waals surface area contributed by atoms with E-state index in [0.29, 0.717) is 12.8 Å². The fourth-order valence-corrected chi connectivity index (χ4v) is 5.53. The fourth-order valence-electron chi connectivity index (χ4n) is 5.53. The number of ketones is 1. The summed E-state index contributed by atoms with van der Waals surface area (Å²) in [6.07, 6.45) is -6.14. The molecule has 0 unspecified atom stereocenters. The number of carbonyl (C=O) groups is 1. The zero-order valence-electron chi connectivity index (χ0n) is 18.2. The van der Waals surface area contributed by atoms with Crippen LogP contribution >= 0.6 is 0 Å². The molecule has 180 valence electrons. The van der Waals surface area contributed by atoms with Crippen LogP contribution in [-0.2, 0) is 14.3 Å². The third-order valence-corrected chi connectivity index (χ3v) is 7.86. The highest BCUT2D eigenvalue weighted by Gasteiger charge is 2.60. The Morgan fingerprint density at radius 1 is 1.10 bits per heavy atom. The number of aliphatic hydroxyl groups is 7. The van der Waals surface area contributed by atoms with Gasteiger partial charge in [-0.1, -0.05) is 0 Å². The molecular weight excluding hydrogens is 412 g/mol. The summed E-state index contributed by atoms with van der Waals surface area (Å²) >= 11 is 0. The summed E-state index contributed by atoms with van der Waals surface area (Å²) in [6, 6.07) is 0. The van der Waals surface area contributed by atoms with E-state index < -0.39 is 72.6 Å². The van der Waals surface area contributed by atoms with E-state index in [0.717, 1.165) is 0 Å². The summed E-state index contributed by atoms with van der Waals surface area (Å²) in [4.78, 5) is 12.4. The molecule has 10 nitrogen and oxygen atoms in total. The Bertz CT molecular complexity index is 665. The molecule has 3 rings (SSSR count). The van der Waals surface area contributed by atoms with Gasteiger partial charge < -0.3 is 45.2 Å². The van der Waals surface area contributed by atoms with Crippen molar-refractivity contribution in [2.45, 2.75) is 94.0 Å². The van der Waals surface area contributed by atoms with E-state index in [-0.39, 0.29) is 24.5 Å². The molecule has 0 aromatic rings. The molecule has 0 radical (unpaired) electrons. The number of ether oxygens (including phenoxy) is 2. The number of carbonyl (C=O) groups excluding carboxylic acids is 1. The second kappa shape index (κ2) is 8.58. The van der Waals surface area contributed by atoms with Gasteiger partial charge in [0.1, 0.15) is 30.0 Å². The smallest absolute Gasteiger partial charge is 0.187 e. The van der Waals surface area contributed by atoms with Gasteiger partial charge in [0.05, 0.1) is 24.4 Å². The predicted octanol–water partition coefficient (Wildman–Crippen LogP) is -1.94. The minimum atomic E-state index is -1.64. The number of aliphatic hydroxyl groups excluding tert-OH is 5. The molecule has 7 N–H and O–H groups in total. The van der Waals surface area contributed by atoms with E-state index in [4.69, 9.17) is 9.47 Å². The molecule has 3 aliphatic rings. The first-order chi connectivity index (χ1) is 14.3. The highest BCUT2D eigenvalue weighted by molar-refractivity contribution is 5.89. The van der Waals surface area contributed by atoms with Gasteiger partial charge in [-0.3, -0.25) is 4.79 Å². The lowest BCUT2D eigenvalue weighted by molar-refractivity contribution is -0.329. The summed E-state index contributed by atoms with van der Waals surface area (Å²) in [5.74, 6) is -1.86. The SMILES string of the molecule is CC(C)(O[C@@H]1O[C@H](CO)[C@@H](O)[C@H](O)[C@H]1O)[C@@H]1CC[C@](O)(CO)[C@H]2CC(=O)[C@@](C)(O)[C@@H]2C1. The Kier molecular flexibility index (Phi) is 6.91. The average molecular weight is 449 g/mol. The van der Waals surface area contributed by atoms with Crippen molar-refractivity contribution in [1.29, 1.82) is 0 Å². The number of Topliss-reactive ketones (excluding diaryl/α,β-unsaturated/α-hetero) is 1. The van der Waals surface area contributed by atoms with Crippen molar-refractivity contribution in [3.05, 3.63) is 0 Å². The van der Waals surface area contributed by atoms with Crippen LogP contribution in [0.15, 0.2) is 0 Å². The lowest BCUT2D eigenvalue weighted by atomic mass is 9.74. The Morgan fingerprint density at radius 2 is 1.74 bits per heavy atom. The van der Waals surface area contributed by atoms with E-state index >= 15 is 0 Å². The maximum absolute atomic E-state index is 12.4. The highest BCUT2D eigenvalue weighted by atomic mass is 16.7. The monoisotopic (exact) mass is 448 g/mol. The first-order valence-electron chi connectivity index (χ1n) is 10.9. The van der Waals surface area contributed by atoms with Crippen molar-refractivity contribution in [2.75, 3.05) is 13.2 Å². The third-order valence-electron chi connectivity index (χ3n) is 7.86. The Hall–Kier alpha value is -0.690. The second-order valence-corrected chi connectivity index (χ2v) is 10.1. The quantitative estimate of drug-likeness (QED) is 0.250. The van der Waals surface area contributed by atoms with Gasteiger partial charge in [-0.2, -0.15) is 0 Å². The van der Waals surface area contributed by atoms with E-state index in [9.17, 15) is 40.5 Å². The van der Waals surface area contributed by atoms with Crippen molar-refractivity contribution < 1.29 is 50.0 Å². The predicted molar refractivity (Wildman–Crippen MR) is 106 cm³/mol. The zero-order valence-corrected chi connectivity index (χ0v) is 18.2. The molecule has 1 aliphatic heterocycles. The van der Waals surface area contributed by atoms with E-state index in [2.05, 4.69) is 0 Å². The van der Waals surface area contributed by atoms with Crippen LogP contribution in [0.1, 0.15) is 46.5 Å². The van der Waals surface area contributed by atoms with E-state index in [1.54, 1.807) is 13.8 Å². The van der Waals surface area contributed by atoms with Crippen molar-refractivity contribution in [1.82, 2.24) is 0 Å². The molecule has 10 heteroatoms. The van der Waals surface area contributed by atoms with E-state index in [1.165, 1.54) is 6.92 Å². The van der Waals surface area contributed by atoms with Gasteiger partial charge in [0.15, 0.2) is 12.1 Å². The van der Waals surface area contributed by atoms with Crippen LogP contribution in [0.25, 0.3) is 0 Å². The number of hydrogen-bond donors (Lipinski definition) is 7. The van der Waals surface area contributed by atoms with Gasteiger partial charge in [-0.15, -0.1) is 0 Å². The fraction of sp³-hybridized carbons (Fsp3) is 0.952. The third kappa shape index (κ3) is 4.30. The summed E-state index contributed by atoms with van der Waals surface area (Å²) in [6.45, 7) is 3.81. The van der Waals surface area contributed by atoms with Crippen molar-refractivity contribution >= 4 is 5.78 Å². The first kappa shape index (κ1) is 24.9. The molecule has 1 heterocycles. The molecule has 0 aromatic carbocycles. The lowest BCUT2D eigenvalue weighted by Crippen LogP contribution is -2.61. The minimum absolute atomic E-state index is 0.0184. The molecule has 31 heavy (non-hydrogen) atoms. The maximum Gasteiger partial charge on any atom is 0.187 e. The number of rotatable bonds is 5. The van der Waals surface area contributed by atoms with Crippen LogP contribution in [0, 0.1) is 17.8 Å². The number of fused-ring (bicyclic) bond motifs is 1. The molecule has 0 spiro atoms. The standard InChI is InChI=1S/C21H36O10/c1-19(2,31-18-17(27)16(26)15(25)13(8-22)30-18)10-4-5-21(29,9-23)12-7-14(24)20(3,28)11(12)6-10/h10-13,15-18,22-23,25-29H,4-9H2,1-3H3/t10-,11-,12+,13-,15-,16+,17-,18+,20+,21+/m1/s1. The Balaban J connectivity index is 1.83. The molecule has 3 fully saturated rings. The Labute approximate surface area is 181 Å². The van der Waals surface area contributed by atoms with Gasteiger partial charge in [0.25, 0.3) is 0 Å². The highest BCUT2D eigenvalue weighted by Crippen LogP contribution is 2.52. The Morgan fingerprint density at radius 3 is 2.32 bits per heavy atom. The lowest BCUT2D eigenvalue weighted by Gasteiger charge is -2.45. The average Bonchev–Trinajstić information content (AvgIpc) is 2.84. The van der Waals surface area contributed by atoms with Gasteiger partial charge in [0.2, 0.25) is 0 Å². The van der Waals surface area contributed by atoms with Gasteiger partial charge in [0, 0.05) is 18.3 Å². The molecule has 0 bridgehead atoms. The summed E-state index contributed by atoms with van der Waals surface area (Å²) < 4.78 is 11.5. The van der Waals surface area contributed by atoms with Crippen LogP contribution in [-0.4, -0.2) is 102 Å². The summed E-state index contributed by atoms with van der Waals surface area (Å²) in [5.41, 5.74) is -4.15. The molecule has 2 saturated carbocycles. The van der Waals surface area contributed by atoms with Crippen molar-refractivity contribution in [3.63, 3.8) is 0 Å². The van der Waals surface area contributed by atoms with Gasteiger partial charge in [-0.25, -0.2) is 0 Å². The molecule has 2 aliphatic carbocycles. The van der Waals surface area contributed by atoms with Crippen LogP contribution in [0.4, 0.5) is 0 Å². The molecule has 0 amide bonds. The maximum atomic E-state index is 12.4. The first-order valence-corrected chi connectivity index (χ1v) is 10.9. The summed E-state index contributed by atoms with van der Waals surface area (Å²) in [5, 5.41) is 71.5. The van der Waals surface area contributed by atoms with Crippen LogP contribution in [0.2, 0.25) is 0 Å². The molecule has 1 saturated heterocycles. The molecule has 0 aromatic heterocycles. The van der Waals surface area contributed by atoms with Gasteiger partial charge >= 0.3 is 0 Å².